The van der Waals surface area contributed by atoms with Gasteiger partial charge in [-0.25, -0.2) is 4.98 Å². The van der Waals surface area contributed by atoms with Crippen molar-refractivity contribution in [3.8, 4) is 5.75 Å². The van der Waals surface area contributed by atoms with E-state index in [9.17, 15) is 9.59 Å². The summed E-state index contributed by atoms with van der Waals surface area (Å²) in [5.74, 6) is 0.386. The van der Waals surface area contributed by atoms with E-state index < -0.39 is 0 Å². The Hall–Kier alpha value is -2.87. The molecule has 0 spiro atoms. The standard InChI is InChI=1S/C20H22N4O3S/c1-27-12-6-7-14(21)15(10-12)23-17(25)8-9-24-11-22-19-18(20(24)26)13-4-2-3-5-16(13)28-19/h6-7,10-11H,2-5,8-9,21H2,1H3,(H,23,25). The zero-order valence-corrected chi connectivity index (χ0v) is 16.5. The number of benzene rings is 1. The summed E-state index contributed by atoms with van der Waals surface area (Å²) in [5, 5.41) is 3.51. The summed E-state index contributed by atoms with van der Waals surface area (Å²) in [6.45, 7) is 0.266. The normalized spacial score (nSPS) is 13.3. The number of ether oxygens (including phenoxy) is 1. The highest BCUT2D eigenvalue weighted by molar-refractivity contribution is 7.18. The summed E-state index contributed by atoms with van der Waals surface area (Å²) in [7, 11) is 1.55. The van der Waals surface area contributed by atoms with Gasteiger partial charge in [-0.3, -0.25) is 14.2 Å². The summed E-state index contributed by atoms with van der Waals surface area (Å²) < 4.78 is 6.68. The average Bonchev–Trinajstić information content (AvgIpc) is 3.08. The molecule has 146 valence electrons. The minimum Gasteiger partial charge on any atom is -0.497 e. The fourth-order valence-corrected chi connectivity index (χ4v) is 4.77. The summed E-state index contributed by atoms with van der Waals surface area (Å²) in [5.41, 5.74) is 7.96. The second-order valence-electron chi connectivity index (χ2n) is 6.89. The van der Waals surface area contributed by atoms with Crippen molar-refractivity contribution >= 4 is 38.8 Å². The molecule has 0 saturated heterocycles. The van der Waals surface area contributed by atoms with Crippen molar-refractivity contribution in [3.05, 3.63) is 45.3 Å². The van der Waals surface area contributed by atoms with E-state index in [1.165, 1.54) is 15.9 Å². The number of carbonyl (C=O) groups excluding carboxylic acids is 1. The number of fused-ring (bicyclic) bond motifs is 3. The van der Waals surface area contributed by atoms with E-state index in [4.69, 9.17) is 10.5 Å². The number of rotatable bonds is 5. The van der Waals surface area contributed by atoms with Crippen LogP contribution in [-0.2, 0) is 24.2 Å². The highest BCUT2D eigenvalue weighted by Gasteiger charge is 2.20. The van der Waals surface area contributed by atoms with Gasteiger partial charge < -0.3 is 15.8 Å². The van der Waals surface area contributed by atoms with Crippen LogP contribution in [0.25, 0.3) is 10.2 Å². The highest BCUT2D eigenvalue weighted by atomic mass is 32.1. The van der Waals surface area contributed by atoms with Crippen LogP contribution in [0.4, 0.5) is 11.4 Å². The number of aryl methyl sites for hydroxylation is 3. The number of nitrogens with one attached hydrogen (secondary N) is 1. The first-order valence-electron chi connectivity index (χ1n) is 9.30. The van der Waals surface area contributed by atoms with Crippen LogP contribution in [0.2, 0.25) is 0 Å². The van der Waals surface area contributed by atoms with E-state index in [1.54, 1.807) is 43.0 Å². The van der Waals surface area contributed by atoms with Gasteiger partial charge in [0.2, 0.25) is 5.91 Å². The maximum atomic E-state index is 12.9. The van der Waals surface area contributed by atoms with Gasteiger partial charge in [-0.15, -0.1) is 11.3 Å². The van der Waals surface area contributed by atoms with Crippen molar-refractivity contribution in [2.75, 3.05) is 18.2 Å². The Labute approximate surface area is 166 Å². The first-order valence-corrected chi connectivity index (χ1v) is 10.1. The number of hydrogen-bond acceptors (Lipinski definition) is 6. The van der Waals surface area contributed by atoms with Crippen molar-refractivity contribution in [2.45, 2.75) is 38.6 Å². The van der Waals surface area contributed by atoms with E-state index in [0.717, 1.165) is 35.0 Å². The Morgan fingerprint density at radius 3 is 3.00 bits per heavy atom. The Kier molecular flexibility index (Phi) is 5.04. The molecule has 28 heavy (non-hydrogen) atoms. The number of nitrogens with two attached hydrogens (primary N) is 1. The van der Waals surface area contributed by atoms with Crippen LogP contribution in [0, 0.1) is 0 Å². The molecule has 0 radical (unpaired) electrons. The van der Waals surface area contributed by atoms with Crippen molar-refractivity contribution in [2.24, 2.45) is 0 Å². The van der Waals surface area contributed by atoms with E-state index in [1.807, 2.05) is 0 Å². The number of carbonyl (C=O) groups is 1. The minimum atomic E-state index is -0.223. The van der Waals surface area contributed by atoms with E-state index in [-0.39, 0.29) is 24.4 Å². The molecule has 0 unspecified atom stereocenters. The molecule has 0 bridgehead atoms. The summed E-state index contributed by atoms with van der Waals surface area (Å²) in [6, 6.07) is 5.08. The first kappa shape index (κ1) is 18.5. The molecule has 3 aromatic rings. The molecule has 1 aliphatic carbocycles. The van der Waals surface area contributed by atoms with Crippen LogP contribution < -0.4 is 21.3 Å². The molecule has 0 saturated carbocycles. The van der Waals surface area contributed by atoms with Crippen LogP contribution in [0.15, 0.2) is 29.3 Å². The summed E-state index contributed by atoms with van der Waals surface area (Å²) in [4.78, 5) is 31.8. The molecule has 8 heteroatoms. The van der Waals surface area contributed by atoms with E-state index in [0.29, 0.717) is 17.1 Å². The third-order valence-corrected chi connectivity index (χ3v) is 6.26. The van der Waals surface area contributed by atoms with E-state index in [2.05, 4.69) is 10.3 Å². The minimum absolute atomic E-state index is 0.0573. The van der Waals surface area contributed by atoms with Gasteiger partial charge in [-0.2, -0.15) is 0 Å². The zero-order chi connectivity index (χ0) is 19.7. The third kappa shape index (κ3) is 3.47. The van der Waals surface area contributed by atoms with Crippen molar-refractivity contribution in [1.29, 1.82) is 0 Å². The van der Waals surface area contributed by atoms with Gasteiger partial charge >= 0.3 is 0 Å². The lowest BCUT2D eigenvalue weighted by Gasteiger charge is -2.11. The quantitative estimate of drug-likeness (QED) is 0.644. The van der Waals surface area contributed by atoms with Crippen molar-refractivity contribution in [1.82, 2.24) is 9.55 Å². The molecule has 4 rings (SSSR count). The molecular weight excluding hydrogens is 376 g/mol. The molecule has 0 aliphatic heterocycles. The van der Waals surface area contributed by atoms with Crippen LogP contribution in [-0.4, -0.2) is 22.6 Å². The van der Waals surface area contributed by atoms with Gasteiger partial charge in [0.15, 0.2) is 0 Å². The van der Waals surface area contributed by atoms with Crippen molar-refractivity contribution in [3.63, 3.8) is 0 Å². The molecule has 1 amide bonds. The molecule has 2 heterocycles. The maximum Gasteiger partial charge on any atom is 0.262 e. The first-order chi connectivity index (χ1) is 13.6. The molecular formula is C20H22N4O3S. The molecule has 1 aromatic carbocycles. The van der Waals surface area contributed by atoms with Crippen molar-refractivity contribution < 1.29 is 9.53 Å². The average molecular weight is 398 g/mol. The van der Waals surface area contributed by atoms with Crippen LogP contribution in [0.1, 0.15) is 29.7 Å². The van der Waals surface area contributed by atoms with Gasteiger partial charge in [0, 0.05) is 23.9 Å². The fraction of sp³-hybridized carbons (Fsp3) is 0.350. The van der Waals surface area contributed by atoms with Gasteiger partial charge in [0.05, 0.1) is 30.2 Å². The van der Waals surface area contributed by atoms with Gasteiger partial charge in [-0.1, -0.05) is 0 Å². The Balaban J connectivity index is 1.50. The number of anilines is 2. The Morgan fingerprint density at radius 2 is 2.18 bits per heavy atom. The highest BCUT2D eigenvalue weighted by Crippen LogP contribution is 2.33. The third-order valence-electron chi connectivity index (χ3n) is 5.06. The number of nitrogen functional groups attached to an aromatic ring is 1. The lowest BCUT2D eigenvalue weighted by molar-refractivity contribution is -0.116. The number of methoxy groups -OCH3 is 1. The van der Waals surface area contributed by atoms with Crippen LogP contribution in [0.5, 0.6) is 5.75 Å². The number of amides is 1. The van der Waals surface area contributed by atoms with Crippen LogP contribution in [0.3, 0.4) is 0 Å². The van der Waals surface area contributed by atoms with Gasteiger partial charge in [-0.05, 0) is 43.4 Å². The summed E-state index contributed by atoms with van der Waals surface area (Å²) >= 11 is 1.62. The second-order valence-corrected chi connectivity index (χ2v) is 7.97. The lowest BCUT2D eigenvalue weighted by Crippen LogP contribution is -2.24. The van der Waals surface area contributed by atoms with Crippen LogP contribution >= 0.6 is 11.3 Å². The second kappa shape index (κ2) is 7.63. The molecule has 0 atom stereocenters. The molecule has 0 fully saturated rings. The Bertz CT molecular complexity index is 1100. The number of nitrogens with zero attached hydrogens (tertiary/aromatic N) is 2. The molecule has 3 N–H and O–H groups in total. The number of hydrogen-bond donors (Lipinski definition) is 2. The van der Waals surface area contributed by atoms with Gasteiger partial charge in [0.25, 0.3) is 5.56 Å². The molecule has 1 aliphatic rings. The molecule has 7 nitrogen and oxygen atoms in total. The maximum absolute atomic E-state index is 12.9. The number of thiophene rings is 1. The predicted molar refractivity (Wildman–Crippen MR) is 111 cm³/mol. The topological polar surface area (TPSA) is 99.2 Å². The largest absolute Gasteiger partial charge is 0.497 e. The predicted octanol–water partition coefficient (Wildman–Crippen LogP) is 2.96. The zero-order valence-electron chi connectivity index (χ0n) is 15.7. The fourth-order valence-electron chi connectivity index (χ4n) is 3.55. The lowest BCUT2D eigenvalue weighted by atomic mass is 9.97. The Morgan fingerprint density at radius 1 is 1.36 bits per heavy atom. The van der Waals surface area contributed by atoms with E-state index >= 15 is 0 Å². The SMILES string of the molecule is COc1ccc(N)c(NC(=O)CCn2cnc3sc4c(c3c2=O)CCCC4)c1. The molecule has 2 aromatic heterocycles. The summed E-state index contributed by atoms with van der Waals surface area (Å²) in [6.07, 6.45) is 5.93. The van der Waals surface area contributed by atoms with Gasteiger partial charge in [0.1, 0.15) is 10.6 Å². The number of aromatic nitrogens is 2. The monoisotopic (exact) mass is 398 g/mol. The smallest absolute Gasteiger partial charge is 0.262 e.